The summed E-state index contributed by atoms with van der Waals surface area (Å²) < 4.78 is 5.75. The van der Waals surface area contributed by atoms with E-state index in [0.717, 1.165) is 48.4 Å². The van der Waals surface area contributed by atoms with Crippen LogP contribution >= 0.6 is 0 Å². The van der Waals surface area contributed by atoms with E-state index in [9.17, 15) is 9.59 Å². The normalized spacial score (nSPS) is 16.2. The number of carbonyl (C=O) groups is 2. The predicted octanol–water partition coefficient (Wildman–Crippen LogP) is 4.12. The minimum atomic E-state index is -0.208. The van der Waals surface area contributed by atoms with Crippen LogP contribution in [0.2, 0.25) is 0 Å². The first-order chi connectivity index (χ1) is 15.3. The number of benzene rings is 2. The van der Waals surface area contributed by atoms with Crippen LogP contribution in [0.5, 0.6) is 5.75 Å². The average Bonchev–Trinajstić information content (AvgIpc) is 2.76. The Hall–Kier alpha value is -2.86. The van der Waals surface area contributed by atoms with Crippen molar-refractivity contribution in [2.45, 2.75) is 33.1 Å². The van der Waals surface area contributed by atoms with Crippen LogP contribution in [0.1, 0.15) is 40.7 Å². The number of carbonyl (C=O) groups excluding carboxylic acids is 2. The minimum Gasteiger partial charge on any atom is -0.494 e. The molecule has 0 radical (unpaired) electrons. The largest absolute Gasteiger partial charge is 0.494 e. The van der Waals surface area contributed by atoms with Crippen molar-refractivity contribution in [1.82, 2.24) is 9.80 Å². The molecule has 0 aromatic heterocycles. The summed E-state index contributed by atoms with van der Waals surface area (Å²) in [7, 11) is 4.09. The third-order valence-electron chi connectivity index (χ3n) is 5.69. The van der Waals surface area contributed by atoms with Gasteiger partial charge in [-0.05, 0) is 83.6 Å². The van der Waals surface area contributed by atoms with Gasteiger partial charge in [0.15, 0.2) is 0 Å². The molecule has 172 valence electrons. The van der Waals surface area contributed by atoms with Crippen molar-refractivity contribution in [3.05, 3.63) is 59.2 Å². The Morgan fingerprint density at radius 3 is 2.44 bits per heavy atom. The fourth-order valence-electron chi connectivity index (χ4n) is 4.11. The Labute approximate surface area is 191 Å². The van der Waals surface area contributed by atoms with Crippen molar-refractivity contribution in [3.63, 3.8) is 0 Å². The Bertz CT molecular complexity index is 904. The van der Waals surface area contributed by atoms with Crippen molar-refractivity contribution < 1.29 is 14.3 Å². The number of anilines is 1. The van der Waals surface area contributed by atoms with Gasteiger partial charge in [-0.2, -0.15) is 0 Å². The van der Waals surface area contributed by atoms with Gasteiger partial charge in [0.05, 0.1) is 12.5 Å². The van der Waals surface area contributed by atoms with Gasteiger partial charge in [-0.15, -0.1) is 0 Å². The number of ether oxygens (including phenoxy) is 1. The fourth-order valence-corrected chi connectivity index (χ4v) is 4.11. The molecule has 1 unspecified atom stereocenters. The molecule has 2 aromatic rings. The van der Waals surface area contributed by atoms with E-state index in [0.29, 0.717) is 25.3 Å². The zero-order valence-corrected chi connectivity index (χ0v) is 19.7. The monoisotopic (exact) mass is 437 g/mol. The number of rotatable bonds is 8. The molecule has 0 saturated carbocycles. The standard InChI is InChI=1S/C26H35N3O3/c1-19-15-20(2)17-22(16-19)26(31)29-13-5-7-21(18-29)25(30)27-23-8-10-24(11-9-23)32-14-6-12-28(3)4/h8-11,15-17,21H,5-7,12-14,18H2,1-4H3,(H,27,30). The lowest BCUT2D eigenvalue weighted by molar-refractivity contribution is -0.121. The third kappa shape index (κ3) is 6.82. The maximum atomic E-state index is 13.0. The third-order valence-corrected chi connectivity index (χ3v) is 5.69. The van der Waals surface area contributed by atoms with Crippen LogP contribution in [0.25, 0.3) is 0 Å². The average molecular weight is 438 g/mol. The van der Waals surface area contributed by atoms with E-state index in [4.69, 9.17) is 4.74 Å². The highest BCUT2D eigenvalue weighted by atomic mass is 16.5. The van der Waals surface area contributed by atoms with Crippen LogP contribution in [0, 0.1) is 19.8 Å². The van der Waals surface area contributed by atoms with Gasteiger partial charge < -0.3 is 19.9 Å². The summed E-state index contributed by atoms with van der Waals surface area (Å²) in [5.41, 5.74) is 3.59. The molecular weight excluding hydrogens is 402 g/mol. The Kier molecular flexibility index (Phi) is 8.28. The van der Waals surface area contributed by atoms with Gasteiger partial charge in [0.2, 0.25) is 5.91 Å². The molecular formula is C26H35N3O3. The second kappa shape index (κ2) is 11.1. The Balaban J connectivity index is 1.53. The van der Waals surface area contributed by atoms with E-state index in [1.807, 2.05) is 69.2 Å². The maximum absolute atomic E-state index is 13.0. The summed E-state index contributed by atoms with van der Waals surface area (Å²) in [6, 6.07) is 13.4. The highest BCUT2D eigenvalue weighted by Crippen LogP contribution is 2.22. The second-order valence-electron chi connectivity index (χ2n) is 8.99. The fraction of sp³-hybridized carbons (Fsp3) is 0.462. The summed E-state index contributed by atoms with van der Waals surface area (Å²) >= 11 is 0. The highest BCUT2D eigenvalue weighted by molar-refractivity contribution is 5.96. The van der Waals surface area contributed by atoms with Crippen LogP contribution in [0.3, 0.4) is 0 Å². The number of likely N-dealkylation sites (tertiary alicyclic amines) is 1. The molecule has 1 heterocycles. The van der Waals surface area contributed by atoms with E-state index in [1.54, 1.807) is 0 Å². The van der Waals surface area contributed by atoms with Crippen LogP contribution < -0.4 is 10.1 Å². The number of nitrogens with one attached hydrogen (secondary N) is 1. The number of aryl methyl sites for hydroxylation is 2. The molecule has 2 aromatic carbocycles. The first-order valence-electron chi connectivity index (χ1n) is 11.4. The zero-order valence-electron chi connectivity index (χ0n) is 19.7. The van der Waals surface area contributed by atoms with E-state index in [1.165, 1.54) is 0 Å². The van der Waals surface area contributed by atoms with Gasteiger partial charge in [-0.1, -0.05) is 17.2 Å². The van der Waals surface area contributed by atoms with Gasteiger partial charge in [-0.3, -0.25) is 9.59 Å². The lowest BCUT2D eigenvalue weighted by Gasteiger charge is -2.32. The molecule has 0 aliphatic carbocycles. The van der Waals surface area contributed by atoms with Gasteiger partial charge in [0.25, 0.3) is 5.91 Å². The van der Waals surface area contributed by atoms with E-state index >= 15 is 0 Å². The molecule has 1 aliphatic heterocycles. The van der Waals surface area contributed by atoms with E-state index in [-0.39, 0.29) is 17.7 Å². The van der Waals surface area contributed by atoms with Gasteiger partial charge in [-0.25, -0.2) is 0 Å². The Morgan fingerprint density at radius 1 is 1.09 bits per heavy atom. The molecule has 1 aliphatic rings. The minimum absolute atomic E-state index is 0.00469. The molecule has 1 fully saturated rings. The van der Waals surface area contributed by atoms with Crippen molar-refractivity contribution in [2.75, 3.05) is 45.7 Å². The summed E-state index contributed by atoms with van der Waals surface area (Å²) in [4.78, 5) is 29.8. The van der Waals surface area contributed by atoms with Crippen LogP contribution in [0.15, 0.2) is 42.5 Å². The molecule has 32 heavy (non-hydrogen) atoms. The quantitative estimate of drug-likeness (QED) is 0.631. The number of amides is 2. The van der Waals surface area contributed by atoms with Gasteiger partial charge >= 0.3 is 0 Å². The zero-order chi connectivity index (χ0) is 23.1. The summed E-state index contributed by atoms with van der Waals surface area (Å²) in [6.07, 6.45) is 2.58. The predicted molar refractivity (Wildman–Crippen MR) is 128 cm³/mol. The summed E-state index contributed by atoms with van der Waals surface area (Å²) in [5.74, 6) is 0.554. The molecule has 1 saturated heterocycles. The lowest BCUT2D eigenvalue weighted by atomic mass is 9.96. The molecule has 1 N–H and O–H groups in total. The first-order valence-corrected chi connectivity index (χ1v) is 11.4. The molecule has 0 spiro atoms. The number of piperidine rings is 1. The van der Waals surface area contributed by atoms with Crippen molar-refractivity contribution in [1.29, 1.82) is 0 Å². The molecule has 6 heteroatoms. The van der Waals surface area contributed by atoms with Gasteiger partial charge in [0, 0.05) is 30.9 Å². The summed E-state index contributed by atoms with van der Waals surface area (Å²) in [5, 5.41) is 3.00. The SMILES string of the molecule is Cc1cc(C)cc(C(=O)N2CCCC(C(=O)Nc3ccc(OCCCN(C)C)cc3)C2)c1. The number of hydrogen-bond donors (Lipinski definition) is 1. The molecule has 6 nitrogen and oxygen atoms in total. The van der Waals surface area contributed by atoms with Crippen molar-refractivity contribution in [2.24, 2.45) is 5.92 Å². The number of hydrogen-bond acceptors (Lipinski definition) is 4. The van der Waals surface area contributed by atoms with Crippen LogP contribution in [0.4, 0.5) is 5.69 Å². The van der Waals surface area contributed by atoms with Crippen molar-refractivity contribution in [3.8, 4) is 5.75 Å². The highest BCUT2D eigenvalue weighted by Gasteiger charge is 2.29. The number of nitrogens with zero attached hydrogens (tertiary/aromatic N) is 2. The van der Waals surface area contributed by atoms with Crippen LogP contribution in [-0.2, 0) is 4.79 Å². The molecule has 1 atom stereocenters. The van der Waals surface area contributed by atoms with E-state index in [2.05, 4.69) is 16.3 Å². The van der Waals surface area contributed by atoms with Gasteiger partial charge in [0.1, 0.15) is 5.75 Å². The molecule has 3 rings (SSSR count). The molecule has 2 amide bonds. The second-order valence-corrected chi connectivity index (χ2v) is 8.99. The topological polar surface area (TPSA) is 61.9 Å². The van der Waals surface area contributed by atoms with Crippen LogP contribution in [-0.4, -0.2) is 62.0 Å². The summed E-state index contributed by atoms with van der Waals surface area (Å²) in [6.45, 7) is 6.78. The van der Waals surface area contributed by atoms with Crippen molar-refractivity contribution >= 4 is 17.5 Å². The Morgan fingerprint density at radius 2 is 1.78 bits per heavy atom. The molecule has 0 bridgehead atoms. The lowest BCUT2D eigenvalue weighted by Crippen LogP contribution is -2.43. The maximum Gasteiger partial charge on any atom is 0.253 e. The smallest absolute Gasteiger partial charge is 0.253 e. The first kappa shape index (κ1) is 23.8. The van der Waals surface area contributed by atoms with E-state index < -0.39 is 0 Å².